The van der Waals surface area contributed by atoms with Crippen LogP contribution in [0.25, 0.3) is 0 Å². The van der Waals surface area contributed by atoms with Gasteiger partial charge in [0.15, 0.2) is 0 Å². The molecule has 2 rings (SSSR count). The Morgan fingerprint density at radius 2 is 2.42 bits per heavy atom. The Hall–Kier alpha value is -1.40. The number of amides is 1. The van der Waals surface area contributed by atoms with Gasteiger partial charge in [0.1, 0.15) is 12.4 Å². The van der Waals surface area contributed by atoms with Crippen molar-refractivity contribution in [3.8, 4) is 0 Å². The number of ether oxygens (including phenoxy) is 1. The van der Waals surface area contributed by atoms with Crippen molar-refractivity contribution in [2.45, 2.75) is 32.9 Å². The normalized spacial score (nSPS) is 14.2. The van der Waals surface area contributed by atoms with Crippen molar-refractivity contribution in [2.75, 3.05) is 26.8 Å². The molecule has 0 radical (unpaired) electrons. The Kier molecular flexibility index (Phi) is 4.93. The maximum absolute atomic E-state index is 11.9. The maximum Gasteiger partial charge on any atom is 0.240 e. The summed E-state index contributed by atoms with van der Waals surface area (Å²) in [6, 6.07) is 0. The van der Waals surface area contributed by atoms with E-state index in [1.165, 1.54) is 5.69 Å². The molecular formula is C13H22N4O2. The highest BCUT2D eigenvalue weighted by atomic mass is 16.5. The monoisotopic (exact) mass is 266 g/mol. The molecule has 0 fully saturated rings. The zero-order chi connectivity index (χ0) is 13.7. The van der Waals surface area contributed by atoms with Crippen LogP contribution >= 0.6 is 0 Å². The van der Waals surface area contributed by atoms with Gasteiger partial charge in [0.2, 0.25) is 5.91 Å². The van der Waals surface area contributed by atoms with Crippen LogP contribution in [0.3, 0.4) is 0 Å². The van der Waals surface area contributed by atoms with Gasteiger partial charge in [-0.3, -0.25) is 4.79 Å². The molecule has 0 aromatic carbocycles. The van der Waals surface area contributed by atoms with Crippen molar-refractivity contribution in [1.29, 1.82) is 0 Å². The zero-order valence-electron chi connectivity index (χ0n) is 11.7. The number of methoxy groups -OCH3 is 1. The predicted octanol–water partition coefficient (Wildman–Crippen LogP) is -0.146. The number of imidazole rings is 1. The third kappa shape index (κ3) is 3.33. The molecular weight excluding hydrogens is 244 g/mol. The number of aryl methyl sites for hydroxylation is 1. The van der Waals surface area contributed by atoms with Crippen LogP contribution in [0.2, 0.25) is 0 Å². The second-order valence-electron chi connectivity index (χ2n) is 4.63. The molecule has 0 aliphatic carbocycles. The van der Waals surface area contributed by atoms with Crippen molar-refractivity contribution in [1.82, 2.24) is 20.2 Å². The largest absolute Gasteiger partial charge is 0.383 e. The topological polar surface area (TPSA) is 68.2 Å². The molecule has 1 aromatic rings. The van der Waals surface area contributed by atoms with E-state index in [0.717, 1.165) is 37.4 Å². The molecule has 0 unspecified atom stereocenters. The van der Waals surface area contributed by atoms with Crippen molar-refractivity contribution < 1.29 is 9.53 Å². The number of carbonyl (C=O) groups excluding carboxylic acids is 1. The number of hydrogen-bond donors (Lipinski definition) is 2. The lowest BCUT2D eigenvalue weighted by Crippen LogP contribution is -2.32. The van der Waals surface area contributed by atoms with Gasteiger partial charge in [0.05, 0.1) is 12.3 Å². The SMILES string of the molecule is CCc1nc2c(n1CC(=O)NCCOC)CCNC2. The molecule has 6 heteroatoms. The Bertz CT molecular complexity index is 442. The van der Waals surface area contributed by atoms with Crippen molar-refractivity contribution in [3.05, 3.63) is 17.2 Å². The third-order valence-electron chi connectivity index (χ3n) is 3.31. The first-order valence-electron chi connectivity index (χ1n) is 6.79. The molecule has 1 aliphatic heterocycles. The summed E-state index contributed by atoms with van der Waals surface area (Å²) in [7, 11) is 1.63. The number of rotatable bonds is 6. The van der Waals surface area contributed by atoms with Crippen LogP contribution in [0.1, 0.15) is 24.1 Å². The molecule has 0 spiro atoms. The summed E-state index contributed by atoms with van der Waals surface area (Å²) in [6.45, 7) is 5.27. The maximum atomic E-state index is 11.9. The Morgan fingerprint density at radius 3 is 3.16 bits per heavy atom. The Balaban J connectivity index is 2.06. The van der Waals surface area contributed by atoms with E-state index in [1.807, 2.05) is 0 Å². The van der Waals surface area contributed by atoms with Crippen molar-refractivity contribution in [2.24, 2.45) is 0 Å². The second kappa shape index (κ2) is 6.68. The van der Waals surface area contributed by atoms with Gasteiger partial charge >= 0.3 is 0 Å². The van der Waals surface area contributed by atoms with E-state index in [9.17, 15) is 4.79 Å². The Morgan fingerprint density at radius 1 is 1.58 bits per heavy atom. The lowest BCUT2D eigenvalue weighted by Gasteiger charge is -2.16. The fraction of sp³-hybridized carbons (Fsp3) is 0.692. The summed E-state index contributed by atoms with van der Waals surface area (Å²) in [6.07, 6.45) is 1.78. The summed E-state index contributed by atoms with van der Waals surface area (Å²) in [5.74, 6) is 1.01. The highest BCUT2D eigenvalue weighted by Crippen LogP contribution is 2.16. The lowest BCUT2D eigenvalue weighted by molar-refractivity contribution is -0.121. The molecule has 0 atom stereocenters. The van der Waals surface area contributed by atoms with E-state index < -0.39 is 0 Å². The summed E-state index contributed by atoms with van der Waals surface area (Å²) in [5.41, 5.74) is 2.30. The van der Waals surface area contributed by atoms with Gasteiger partial charge in [-0.25, -0.2) is 4.98 Å². The van der Waals surface area contributed by atoms with Crippen LogP contribution in [-0.2, 0) is 35.5 Å². The lowest BCUT2D eigenvalue weighted by atomic mass is 10.2. The summed E-state index contributed by atoms with van der Waals surface area (Å²) in [5, 5.41) is 6.16. The molecule has 1 aromatic heterocycles. The molecule has 0 saturated heterocycles. The highest BCUT2D eigenvalue weighted by Gasteiger charge is 2.20. The quantitative estimate of drug-likeness (QED) is 0.703. The standard InChI is InChI=1S/C13H22N4O2/c1-3-12-16-10-8-14-5-4-11(10)17(12)9-13(18)15-6-7-19-2/h14H,3-9H2,1-2H3,(H,15,18). The number of hydrogen-bond acceptors (Lipinski definition) is 4. The second-order valence-corrected chi connectivity index (χ2v) is 4.63. The zero-order valence-corrected chi connectivity index (χ0v) is 11.7. The van der Waals surface area contributed by atoms with Gasteiger partial charge < -0.3 is 19.9 Å². The predicted molar refractivity (Wildman–Crippen MR) is 71.9 cm³/mol. The minimum absolute atomic E-state index is 0.0190. The van der Waals surface area contributed by atoms with E-state index in [2.05, 4.69) is 27.1 Å². The molecule has 6 nitrogen and oxygen atoms in total. The molecule has 2 heterocycles. The van der Waals surface area contributed by atoms with E-state index >= 15 is 0 Å². The number of nitrogens with zero attached hydrogens (tertiary/aromatic N) is 2. The Labute approximate surface area is 113 Å². The van der Waals surface area contributed by atoms with Gasteiger partial charge in [-0.2, -0.15) is 0 Å². The van der Waals surface area contributed by atoms with E-state index in [-0.39, 0.29) is 5.91 Å². The van der Waals surface area contributed by atoms with E-state index in [1.54, 1.807) is 7.11 Å². The molecule has 0 bridgehead atoms. The molecule has 2 N–H and O–H groups in total. The average Bonchev–Trinajstić information content (AvgIpc) is 2.77. The number of fused-ring (bicyclic) bond motifs is 1. The summed E-state index contributed by atoms with van der Waals surface area (Å²) in [4.78, 5) is 16.5. The third-order valence-corrected chi connectivity index (χ3v) is 3.31. The van der Waals surface area contributed by atoms with Crippen molar-refractivity contribution in [3.63, 3.8) is 0 Å². The van der Waals surface area contributed by atoms with E-state index in [0.29, 0.717) is 19.7 Å². The van der Waals surface area contributed by atoms with Crippen LogP contribution < -0.4 is 10.6 Å². The van der Waals surface area contributed by atoms with Crippen molar-refractivity contribution >= 4 is 5.91 Å². The smallest absolute Gasteiger partial charge is 0.240 e. The highest BCUT2D eigenvalue weighted by molar-refractivity contribution is 5.75. The van der Waals surface area contributed by atoms with E-state index in [4.69, 9.17) is 4.74 Å². The van der Waals surface area contributed by atoms with Crippen LogP contribution in [0.4, 0.5) is 0 Å². The van der Waals surface area contributed by atoms with Crippen LogP contribution in [-0.4, -0.2) is 42.3 Å². The van der Waals surface area contributed by atoms with Crippen LogP contribution in [0.5, 0.6) is 0 Å². The molecule has 1 amide bonds. The van der Waals surface area contributed by atoms with Crippen LogP contribution in [0, 0.1) is 0 Å². The first kappa shape index (κ1) is 14.0. The van der Waals surface area contributed by atoms with Gasteiger partial charge in [0.25, 0.3) is 0 Å². The first-order valence-corrected chi connectivity index (χ1v) is 6.79. The first-order chi connectivity index (χ1) is 9.26. The number of carbonyl (C=O) groups is 1. The summed E-state index contributed by atoms with van der Waals surface area (Å²) < 4.78 is 6.99. The number of nitrogens with one attached hydrogen (secondary N) is 2. The molecule has 1 aliphatic rings. The van der Waals surface area contributed by atoms with Gasteiger partial charge in [-0.1, -0.05) is 6.92 Å². The van der Waals surface area contributed by atoms with Crippen LogP contribution in [0.15, 0.2) is 0 Å². The fourth-order valence-electron chi connectivity index (χ4n) is 2.38. The average molecular weight is 266 g/mol. The molecule has 0 saturated carbocycles. The molecule has 19 heavy (non-hydrogen) atoms. The van der Waals surface area contributed by atoms with Gasteiger partial charge in [0, 0.05) is 45.3 Å². The number of aromatic nitrogens is 2. The fourth-order valence-corrected chi connectivity index (χ4v) is 2.38. The van der Waals surface area contributed by atoms with Gasteiger partial charge in [-0.15, -0.1) is 0 Å². The minimum Gasteiger partial charge on any atom is -0.383 e. The molecule has 106 valence electrons. The summed E-state index contributed by atoms with van der Waals surface area (Å²) >= 11 is 0. The minimum atomic E-state index is 0.0190. The van der Waals surface area contributed by atoms with Gasteiger partial charge in [-0.05, 0) is 0 Å².